The summed E-state index contributed by atoms with van der Waals surface area (Å²) in [5, 5.41) is 14.4. The number of rotatable bonds is 7. The second-order valence-electron chi connectivity index (χ2n) is 5.69. The lowest BCUT2D eigenvalue weighted by Gasteiger charge is -2.07. The minimum atomic E-state index is -0.228. The van der Waals surface area contributed by atoms with Gasteiger partial charge in [-0.15, -0.1) is 10.2 Å². The lowest BCUT2D eigenvalue weighted by Crippen LogP contribution is -2.20. The Hall–Kier alpha value is -2.35. The van der Waals surface area contributed by atoms with Crippen molar-refractivity contribution in [2.24, 2.45) is 5.10 Å². The number of nitrogens with zero attached hydrogens (tertiary/aromatic N) is 4. The Bertz CT molecular complexity index is 971. The van der Waals surface area contributed by atoms with Crippen LogP contribution in [0.15, 0.2) is 58.8 Å². The van der Waals surface area contributed by atoms with Gasteiger partial charge in [0.15, 0.2) is 11.0 Å². The molecule has 1 heterocycles. The molecule has 1 aromatic heterocycles. The Labute approximate surface area is 177 Å². The van der Waals surface area contributed by atoms with Crippen LogP contribution in [0.5, 0.6) is 0 Å². The molecule has 3 aromatic rings. The van der Waals surface area contributed by atoms with E-state index in [4.69, 9.17) is 23.2 Å². The number of benzene rings is 2. The van der Waals surface area contributed by atoms with Crippen LogP contribution < -0.4 is 5.43 Å². The van der Waals surface area contributed by atoms with E-state index < -0.39 is 0 Å². The van der Waals surface area contributed by atoms with E-state index in [9.17, 15) is 4.79 Å². The molecule has 0 radical (unpaired) electrons. The quantitative estimate of drug-likeness (QED) is 0.337. The molecule has 0 bridgehead atoms. The zero-order valence-electron chi connectivity index (χ0n) is 15.0. The van der Waals surface area contributed by atoms with Gasteiger partial charge in [-0.25, -0.2) is 5.43 Å². The van der Waals surface area contributed by atoms with Gasteiger partial charge in [-0.2, -0.15) is 5.10 Å². The Morgan fingerprint density at radius 1 is 1.11 bits per heavy atom. The highest BCUT2D eigenvalue weighted by molar-refractivity contribution is 7.99. The molecule has 3 rings (SSSR count). The summed E-state index contributed by atoms with van der Waals surface area (Å²) in [5.74, 6) is 0.688. The molecule has 144 valence electrons. The van der Waals surface area contributed by atoms with Gasteiger partial charge in [0.05, 0.1) is 12.0 Å². The van der Waals surface area contributed by atoms with Crippen molar-refractivity contribution in [2.75, 3.05) is 5.75 Å². The number of carbonyl (C=O) groups excluding carboxylic acids is 1. The van der Waals surface area contributed by atoms with Crippen molar-refractivity contribution in [3.05, 3.63) is 64.1 Å². The van der Waals surface area contributed by atoms with Crippen molar-refractivity contribution in [1.82, 2.24) is 20.2 Å². The fourth-order valence-corrected chi connectivity index (χ4v) is 3.43. The molecule has 0 aliphatic heterocycles. The lowest BCUT2D eigenvalue weighted by atomic mass is 10.2. The first-order valence-corrected chi connectivity index (χ1v) is 10.2. The number of nitrogens with one attached hydrogen (secondary N) is 1. The van der Waals surface area contributed by atoms with Gasteiger partial charge in [0.2, 0.25) is 0 Å². The summed E-state index contributed by atoms with van der Waals surface area (Å²) >= 11 is 13.1. The second-order valence-corrected chi connectivity index (χ2v) is 7.51. The van der Waals surface area contributed by atoms with Crippen LogP contribution in [0.4, 0.5) is 0 Å². The molecule has 0 aliphatic carbocycles. The molecule has 0 atom stereocenters. The van der Waals surface area contributed by atoms with E-state index in [0.29, 0.717) is 21.7 Å². The summed E-state index contributed by atoms with van der Waals surface area (Å²) in [7, 11) is 0. The molecule has 0 unspecified atom stereocenters. The third kappa shape index (κ3) is 5.34. The monoisotopic (exact) mass is 433 g/mol. The number of hydrogen-bond donors (Lipinski definition) is 1. The van der Waals surface area contributed by atoms with Gasteiger partial charge in [0, 0.05) is 22.2 Å². The largest absolute Gasteiger partial charge is 0.302 e. The second kappa shape index (κ2) is 9.73. The highest BCUT2D eigenvalue weighted by Crippen LogP contribution is 2.25. The van der Waals surface area contributed by atoms with Crippen molar-refractivity contribution >= 4 is 47.1 Å². The van der Waals surface area contributed by atoms with Gasteiger partial charge in [-0.3, -0.25) is 4.79 Å². The Balaban J connectivity index is 1.58. The summed E-state index contributed by atoms with van der Waals surface area (Å²) in [6.07, 6.45) is 1.56. The van der Waals surface area contributed by atoms with E-state index in [2.05, 4.69) is 20.7 Å². The number of halogens is 2. The van der Waals surface area contributed by atoms with E-state index >= 15 is 0 Å². The van der Waals surface area contributed by atoms with Crippen LogP contribution >= 0.6 is 35.0 Å². The van der Waals surface area contributed by atoms with E-state index in [1.165, 1.54) is 11.8 Å². The molecule has 0 spiro atoms. The standard InChI is InChI=1S/C19H17Cl2N5OS/c1-2-26-18(14-5-9-16(21)10-6-14)24-25-19(26)28-12-17(27)23-22-11-13-3-7-15(20)8-4-13/h3-11H,2,12H2,1H3,(H,23,27)/b22-11-. The number of thioether (sulfide) groups is 1. The molecule has 9 heteroatoms. The number of aromatic nitrogens is 3. The van der Waals surface area contributed by atoms with E-state index in [0.717, 1.165) is 17.0 Å². The Morgan fingerprint density at radius 3 is 2.39 bits per heavy atom. The summed E-state index contributed by atoms with van der Waals surface area (Å²) in [6.45, 7) is 2.69. The van der Waals surface area contributed by atoms with Gasteiger partial charge in [-0.1, -0.05) is 47.1 Å². The summed E-state index contributed by atoms with van der Waals surface area (Å²) < 4.78 is 1.96. The van der Waals surface area contributed by atoms with Crippen LogP contribution in [0.25, 0.3) is 11.4 Å². The normalized spacial score (nSPS) is 11.1. The van der Waals surface area contributed by atoms with Crippen molar-refractivity contribution in [3.63, 3.8) is 0 Å². The zero-order valence-corrected chi connectivity index (χ0v) is 17.3. The lowest BCUT2D eigenvalue weighted by molar-refractivity contribution is -0.118. The molecule has 2 aromatic carbocycles. The SMILES string of the molecule is CCn1c(SCC(=O)N/N=C\c2ccc(Cl)cc2)nnc1-c1ccc(Cl)cc1. The maximum Gasteiger partial charge on any atom is 0.250 e. The molecule has 0 aliphatic rings. The van der Waals surface area contributed by atoms with E-state index in [1.807, 2.05) is 47.9 Å². The number of amides is 1. The Kier molecular flexibility index (Phi) is 7.08. The number of hydrazone groups is 1. The van der Waals surface area contributed by atoms with Crippen molar-refractivity contribution in [3.8, 4) is 11.4 Å². The maximum absolute atomic E-state index is 12.0. The summed E-state index contributed by atoms with van der Waals surface area (Å²) in [4.78, 5) is 12.0. The first kappa shape index (κ1) is 20.4. The fraction of sp³-hybridized carbons (Fsp3) is 0.158. The van der Waals surface area contributed by atoms with Gasteiger partial charge >= 0.3 is 0 Å². The Morgan fingerprint density at radius 2 is 1.75 bits per heavy atom. The topological polar surface area (TPSA) is 72.2 Å². The average Bonchev–Trinajstić information content (AvgIpc) is 3.11. The van der Waals surface area contributed by atoms with Gasteiger partial charge in [0.25, 0.3) is 5.91 Å². The third-order valence-corrected chi connectivity index (χ3v) is 5.21. The first-order valence-electron chi connectivity index (χ1n) is 8.46. The minimum Gasteiger partial charge on any atom is -0.302 e. The highest BCUT2D eigenvalue weighted by atomic mass is 35.5. The molecule has 0 fully saturated rings. The van der Waals surface area contributed by atoms with Crippen LogP contribution in [0, 0.1) is 0 Å². The van der Waals surface area contributed by atoms with E-state index in [1.54, 1.807) is 18.3 Å². The highest BCUT2D eigenvalue weighted by Gasteiger charge is 2.14. The molecule has 28 heavy (non-hydrogen) atoms. The van der Waals surface area contributed by atoms with Crippen LogP contribution in [0.1, 0.15) is 12.5 Å². The minimum absolute atomic E-state index is 0.177. The third-order valence-electron chi connectivity index (χ3n) is 3.74. The maximum atomic E-state index is 12.0. The van der Waals surface area contributed by atoms with Crippen LogP contribution in [0.2, 0.25) is 10.0 Å². The van der Waals surface area contributed by atoms with Gasteiger partial charge in [0.1, 0.15) is 0 Å². The van der Waals surface area contributed by atoms with E-state index in [-0.39, 0.29) is 11.7 Å². The number of carbonyl (C=O) groups is 1. The predicted octanol–water partition coefficient (Wildman–Crippen LogP) is 4.51. The predicted molar refractivity (Wildman–Crippen MR) is 114 cm³/mol. The number of hydrogen-bond acceptors (Lipinski definition) is 5. The molecule has 0 saturated carbocycles. The van der Waals surface area contributed by atoms with Crippen molar-refractivity contribution < 1.29 is 4.79 Å². The molecular formula is C19H17Cl2N5OS. The van der Waals surface area contributed by atoms with Crippen LogP contribution in [0.3, 0.4) is 0 Å². The molecule has 6 nitrogen and oxygen atoms in total. The molecule has 1 N–H and O–H groups in total. The van der Waals surface area contributed by atoms with Crippen LogP contribution in [-0.2, 0) is 11.3 Å². The van der Waals surface area contributed by atoms with Crippen molar-refractivity contribution in [1.29, 1.82) is 0 Å². The summed E-state index contributed by atoms with van der Waals surface area (Å²) in [6, 6.07) is 14.6. The average molecular weight is 434 g/mol. The smallest absolute Gasteiger partial charge is 0.250 e. The summed E-state index contributed by atoms with van der Waals surface area (Å²) in [5.41, 5.74) is 4.27. The zero-order chi connectivity index (χ0) is 19.9. The molecule has 0 saturated heterocycles. The van der Waals surface area contributed by atoms with Crippen molar-refractivity contribution in [2.45, 2.75) is 18.6 Å². The fourth-order valence-electron chi connectivity index (χ4n) is 2.38. The molecular weight excluding hydrogens is 417 g/mol. The van der Waals surface area contributed by atoms with Gasteiger partial charge < -0.3 is 4.57 Å². The molecule has 1 amide bonds. The van der Waals surface area contributed by atoms with Gasteiger partial charge in [-0.05, 0) is 48.9 Å². The van der Waals surface area contributed by atoms with Crippen LogP contribution in [-0.4, -0.2) is 32.6 Å². The first-order chi connectivity index (χ1) is 13.6.